The highest BCUT2D eigenvalue weighted by atomic mass is 19.2. The van der Waals surface area contributed by atoms with Gasteiger partial charge in [-0.2, -0.15) is 0 Å². The summed E-state index contributed by atoms with van der Waals surface area (Å²) in [5.74, 6) is -5.59. The van der Waals surface area contributed by atoms with Crippen LogP contribution in [-0.2, 0) is 0 Å². The van der Waals surface area contributed by atoms with Gasteiger partial charge in [0, 0.05) is 0 Å². The van der Waals surface area contributed by atoms with E-state index in [-0.39, 0.29) is 22.2 Å². The van der Waals surface area contributed by atoms with Gasteiger partial charge in [-0.3, -0.25) is 0 Å². The molecule has 0 aliphatic heterocycles. The average Bonchev–Trinajstić information content (AvgIpc) is 2.39. The van der Waals surface area contributed by atoms with Crippen molar-refractivity contribution in [3.8, 4) is 11.1 Å². The molecule has 0 aliphatic rings. The van der Waals surface area contributed by atoms with Crippen molar-refractivity contribution >= 4 is 13.3 Å². The van der Waals surface area contributed by atoms with Crippen LogP contribution in [-0.4, -0.2) is 7.85 Å². The second-order valence-electron chi connectivity index (χ2n) is 4.65. The molecule has 0 amide bonds. The molecule has 104 valence electrons. The highest BCUT2D eigenvalue weighted by Gasteiger charge is 2.22. The fourth-order valence-corrected chi connectivity index (χ4v) is 2.07. The molecule has 0 atom stereocenters. The molecule has 0 aliphatic carbocycles. The van der Waals surface area contributed by atoms with Gasteiger partial charge in [-0.15, -0.1) is 0 Å². The Hall–Kier alpha value is -1.85. The fourth-order valence-electron chi connectivity index (χ4n) is 2.07. The maximum atomic E-state index is 13.9. The quantitative estimate of drug-likeness (QED) is 0.429. The van der Waals surface area contributed by atoms with E-state index in [9.17, 15) is 22.0 Å². The average molecular weight is 284 g/mol. The first kappa shape index (κ1) is 14.6. The van der Waals surface area contributed by atoms with Crippen LogP contribution in [0, 0.1) is 42.9 Å². The van der Waals surface area contributed by atoms with Gasteiger partial charge in [0.2, 0.25) is 0 Å². The van der Waals surface area contributed by atoms with Crippen molar-refractivity contribution in [1.82, 2.24) is 0 Å². The van der Waals surface area contributed by atoms with E-state index >= 15 is 0 Å². The van der Waals surface area contributed by atoms with Gasteiger partial charge in [-0.25, -0.2) is 22.0 Å². The second kappa shape index (κ2) is 4.92. The zero-order valence-corrected chi connectivity index (χ0v) is 11.0. The Kier molecular flexibility index (Phi) is 3.58. The van der Waals surface area contributed by atoms with Crippen LogP contribution in [0.2, 0.25) is 0 Å². The fraction of sp³-hybridized carbons (Fsp3) is 0.143. The molecule has 0 fully saturated rings. The third kappa shape index (κ3) is 2.09. The first-order valence-corrected chi connectivity index (χ1v) is 5.85. The summed E-state index contributed by atoms with van der Waals surface area (Å²) in [5, 5.41) is 0. The molecule has 0 nitrogen and oxygen atoms in total. The SMILES string of the molecule is Bc1c(F)cc(-c2c(F)cc(C)c(F)c2F)c(C)c1F. The zero-order chi connectivity index (χ0) is 15.2. The van der Waals surface area contributed by atoms with Crippen LogP contribution in [0.4, 0.5) is 22.0 Å². The van der Waals surface area contributed by atoms with Crippen molar-refractivity contribution in [2.75, 3.05) is 0 Å². The molecule has 0 N–H and O–H groups in total. The number of rotatable bonds is 1. The molecule has 0 unspecified atom stereocenters. The van der Waals surface area contributed by atoms with Crippen LogP contribution in [0.25, 0.3) is 11.1 Å². The predicted octanol–water partition coefficient (Wildman–Crippen LogP) is 2.92. The predicted molar refractivity (Wildman–Crippen MR) is 69.3 cm³/mol. The van der Waals surface area contributed by atoms with E-state index in [0.717, 1.165) is 12.1 Å². The Balaban J connectivity index is 2.86. The standard InChI is InChI=1S/C14H10BF5/c1-5-3-8(16)10(14(20)12(5)18)7-4-9(17)11(15)13(19)6(7)2/h3-4H,15H2,1-2H3. The van der Waals surface area contributed by atoms with Crippen molar-refractivity contribution < 1.29 is 22.0 Å². The molecule has 6 heteroatoms. The maximum Gasteiger partial charge on any atom is 0.169 e. The van der Waals surface area contributed by atoms with Crippen molar-refractivity contribution in [1.29, 1.82) is 0 Å². The van der Waals surface area contributed by atoms with Crippen molar-refractivity contribution in [3.63, 3.8) is 0 Å². The summed E-state index contributed by atoms with van der Waals surface area (Å²) in [6.07, 6.45) is 0. The molecule has 0 bridgehead atoms. The summed E-state index contributed by atoms with van der Waals surface area (Å²) in [7, 11) is 1.21. The van der Waals surface area contributed by atoms with Crippen LogP contribution in [0.3, 0.4) is 0 Å². The summed E-state index contributed by atoms with van der Waals surface area (Å²) in [4.78, 5) is 0. The van der Waals surface area contributed by atoms with Gasteiger partial charge in [0.1, 0.15) is 25.3 Å². The molecule has 2 aromatic carbocycles. The number of aryl methyl sites for hydroxylation is 1. The first-order chi connectivity index (χ1) is 9.25. The molecule has 20 heavy (non-hydrogen) atoms. The number of hydrogen-bond donors (Lipinski definition) is 0. The lowest BCUT2D eigenvalue weighted by molar-refractivity contribution is 0.492. The Morgan fingerprint density at radius 3 is 2.00 bits per heavy atom. The number of benzene rings is 2. The number of hydrogen-bond acceptors (Lipinski definition) is 0. The van der Waals surface area contributed by atoms with Crippen LogP contribution in [0.5, 0.6) is 0 Å². The van der Waals surface area contributed by atoms with Gasteiger partial charge in [-0.1, -0.05) is 0 Å². The van der Waals surface area contributed by atoms with Crippen LogP contribution in [0.1, 0.15) is 11.1 Å². The van der Waals surface area contributed by atoms with E-state index < -0.39 is 34.6 Å². The lowest BCUT2D eigenvalue weighted by atomic mass is 9.88. The highest BCUT2D eigenvalue weighted by molar-refractivity contribution is 6.32. The molecular weight excluding hydrogens is 274 g/mol. The van der Waals surface area contributed by atoms with E-state index in [0.29, 0.717) is 0 Å². The molecule has 0 radical (unpaired) electrons. The molecule has 0 saturated carbocycles. The smallest absolute Gasteiger partial charge is 0.169 e. The Labute approximate surface area is 113 Å². The third-order valence-corrected chi connectivity index (χ3v) is 3.30. The maximum absolute atomic E-state index is 13.9. The van der Waals surface area contributed by atoms with Crippen LogP contribution in [0.15, 0.2) is 12.1 Å². The van der Waals surface area contributed by atoms with Gasteiger partial charge < -0.3 is 0 Å². The summed E-state index contributed by atoms with van der Waals surface area (Å²) < 4.78 is 68.7. The summed E-state index contributed by atoms with van der Waals surface area (Å²) >= 11 is 0. The highest BCUT2D eigenvalue weighted by Crippen LogP contribution is 2.32. The summed E-state index contributed by atoms with van der Waals surface area (Å²) in [5.41, 5.74) is -1.69. The van der Waals surface area contributed by atoms with Crippen molar-refractivity contribution in [2.45, 2.75) is 13.8 Å². The molecular formula is C14H10BF5. The van der Waals surface area contributed by atoms with E-state index in [4.69, 9.17) is 0 Å². The first-order valence-electron chi connectivity index (χ1n) is 5.85. The van der Waals surface area contributed by atoms with Gasteiger partial charge in [0.25, 0.3) is 0 Å². The minimum atomic E-state index is -1.45. The molecule has 2 aromatic rings. The minimum absolute atomic E-state index is 0.134. The van der Waals surface area contributed by atoms with E-state index in [1.807, 2.05) is 0 Å². The molecule has 0 saturated heterocycles. The largest absolute Gasteiger partial charge is 0.208 e. The van der Waals surface area contributed by atoms with E-state index in [2.05, 4.69) is 0 Å². The Morgan fingerprint density at radius 2 is 1.40 bits per heavy atom. The molecule has 2 rings (SSSR count). The third-order valence-electron chi connectivity index (χ3n) is 3.30. The van der Waals surface area contributed by atoms with Crippen LogP contribution < -0.4 is 5.46 Å². The van der Waals surface area contributed by atoms with E-state index in [1.54, 1.807) is 0 Å². The Bertz CT molecular complexity index is 710. The van der Waals surface area contributed by atoms with Crippen LogP contribution >= 0.6 is 0 Å². The minimum Gasteiger partial charge on any atom is -0.208 e. The summed E-state index contributed by atoms with van der Waals surface area (Å²) in [6, 6.07) is 1.60. The summed E-state index contributed by atoms with van der Waals surface area (Å²) in [6.45, 7) is 2.46. The number of halogens is 5. The van der Waals surface area contributed by atoms with Crippen molar-refractivity contribution in [2.24, 2.45) is 0 Å². The topological polar surface area (TPSA) is 0 Å². The normalized spacial score (nSPS) is 10.9. The second-order valence-corrected chi connectivity index (χ2v) is 4.65. The van der Waals surface area contributed by atoms with Crippen molar-refractivity contribution in [3.05, 3.63) is 52.3 Å². The molecule has 0 aromatic heterocycles. The van der Waals surface area contributed by atoms with Gasteiger partial charge in [-0.05, 0) is 48.1 Å². The van der Waals surface area contributed by atoms with Gasteiger partial charge in [0.05, 0.1) is 5.56 Å². The van der Waals surface area contributed by atoms with E-state index in [1.165, 1.54) is 21.7 Å². The molecule has 0 heterocycles. The Morgan fingerprint density at radius 1 is 0.800 bits per heavy atom. The monoisotopic (exact) mass is 284 g/mol. The molecule has 0 spiro atoms. The lowest BCUT2D eigenvalue weighted by Gasteiger charge is -2.13. The zero-order valence-electron chi connectivity index (χ0n) is 11.0. The van der Waals surface area contributed by atoms with Gasteiger partial charge >= 0.3 is 0 Å². The lowest BCUT2D eigenvalue weighted by Crippen LogP contribution is -2.16. The van der Waals surface area contributed by atoms with Gasteiger partial charge in [0.15, 0.2) is 11.6 Å².